The highest BCUT2D eigenvalue weighted by molar-refractivity contribution is 5.78. The van der Waals surface area contributed by atoms with E-state index in [1.807, 2.05) is 13.8 Å². The number of nitrogens with zero attached hydrogens (tertiary/aromatic N) is 1. The molecule has 2 N–H and O–H groups in total. The van der Waals surface area contributed by atoms with Crippen LogP contribution < -0.4 is 5.32 Å². The van der Waals surface area contributed by atoms with E-state index in [2.05, 4.69) is 5.32 Å². The van der Waals surface area contributed by atoms with Crippen LogP contribution in [-0.2, 0) is 4.79 Å². The van der Waals surface area contributed by atoms with Gasteiger partial charge in [-0.15, -0.1) is 0 Å². The molecular weight excluding hydrogens is 156 g/mol. The standard InChI is InChI=1S/C8H18N2O2/c1-3-9-7-8(12)10(4-2)5-6-11/h9,11H,3-7H2,1-2H3. The molecule has 4 heteroatoms. The topological polar surface area (TPSA) is 52.6 Å². The van der Waals surface area contributed by atoms with E-state index in [1.54, 1.807) is 4.90 Å². The minimum absolute atomic E-state index is 0.0334. The molecular formula is C8H18N2O2. The summed E-state index contributed by atoms with van der Waals surface area (Å²) in [6.07, 6.45) is 0. The lowest BCUT2D eigenvalue weighted by molar-refractivity contribution is -0.130. The molecule has 0 rings (SSSR count). The fraction of sp³-hybridized carbons (Fsp3) is 0.875. The lowest BCUT2D eigenvalue weighted by Gasteiger charge is -2.19. The van der Waals surface area contributed by atoms with Crippen LogP contribution in [0.2, 0.25) is 0 Å². The summed E-state index contributed by atoms with van der Waals surface area (Å²) in [5, 5.41) is 11.6. The van der Waals surface area contributed by atoms with Crippen molar-refractivity contribution in [3.05, 3.63) is 0 Å². The molecule has 0 aromatic rings. The minimum atomic E-state index is 0.0334. The average Bonchev–Trinajstić information content (AvgIpc) is 2.10. The number of aliphatic hydroxyl groups excluding tert-OH is 1. The Morgan fingerprint density at radius 3 is 2.58 bits per heavy atom. The van der Waals surface area contributed by atoms with Crippen LogP contribution in [-0.4, -0.2) is 48.7 Å². The number of nitrogens with one attached hydrogen (secondary N) is 1. The summed E-state index contributed by atoms with van der Waals surface area (Å²) in [4.78, 5) is 12.9. The van der Waals surface area contributed by atoms with E-state index in [4.69, 9.17) is 5.11 Å². The van der Waals surface area contributed by atoms with Gasteiger partial charge in [-0.25, -0.2) is 0 Å². The van der Waals surface area contributed by atoms with Crippen molar-refractivity contribution in [2.75, 3.05) is 32.8 Å². The number of carbonyl (C=O) groups is 1. The molecule has 0 unspecified atom stereocenters. The van der Waals surface area contributed by atoms with Crippen molar-refractivity contribution in [1.82, 2.24) is 10.2 Å². The predicted molar refractivity (Wildman–Crippen MR) is 47.9 cm³/mol. The maximum absolute atomic E-state index is 11.3. The molecule has 0 aliphatic carbocycles. The van der Waals surface area contributed by atoms with Crippen LogP contribution in [0.25, 0.3) is 0 Å². The first-order valence-corrected chi connectivity index (χ1v) is 4.35. The Balaban J connectivity index is 3.69. The Kier molecular flexibility index (Phi) is 6.70. The lowest BCUT2D eigenvalue weighted by atomic mass is 10.4. The van der Waals surface area contributed by atoms with E-state index in [0.717, 1.165) is 6.54 Å². The van der Waals surface area contributed by atoms with Gasteiger partial charge in [0, 0.05) is 13.1 Å². The molecule has 0 bridgehead atoms. The van der Waals surface area contributed by atoms with E-state index in [0.29, 0.717) is 19.6 Å². The quantitative estimate of drug-likeness (QED) is 0.567. The lowest BCUT2D eigenvalue weighted by Crippen LogP contribution is -2.39. The molecule has 0 spiro atoms. The summed E-state index contributed by atoms with van der Waals surface area (Å²) in [6.45, 7) is 6.14. The van der Waals surface area contributed by atoms with Gasteiger partial charge in [-0.2, -0.15) is 0 Å². The zero-order valence-corrected chi connectivity index (χ0v) is 7.84. The Morgan fingerprint density at radius 1 is 1.50 bits per heavy atom. The molecule has 12 heavy (non-hydrogen) atoms. The molecule has 0 saturated carbocycles. The van der Waals surface area contributed by atoms with Gasteiger partial charge in [-0.3, -0.25) is 4.79 Å². The van der Waals surface area contributed by atoms with Gasteiger partial charge in [0.2, 0.25) is 5.91 Å². The number of hydrogen-bond acceptors (Lipinski definition) is 3. The van der Waals surface area contributed by atoms with Crippen molar-refractivity contribution in [2.24, 2.45) is 0 Å². The maximum Gasteiger partial charge on any atom is 0.236 e. The summed E-state index contributed by atoms with van der Waals surface area (Å²) in [7, 11) is 0. The summed E-state index contributed by atoms with van der Waals surface area (Å²) < 4.78 is 0. The van der Waals surface area contributed by atoms with Crippen molar-refractivity contribution < 1.29 is 9.90 Å². The van der Waals surface area contributed by atoms with Crippen molar-refractivity contribution in [3.63, 3.8) is 0 Å². The van der Waals surface area contributed by atoms with Crippen LogP contribution in [0.1, 0.15) is 13.8 Å². The summed E-state index contributed by atoms with van der Waals surface area (Å²) >= 11 is 0. The third kappa shape index (κ3) is 4.31. The molecule has 0 saturated heterocycles. The highest BCUT2D eigenvalue weighted by Crippen LogP contribution is 1.87. The monoisotopic (exact) mass is 174 g/mol. The van der Waals surface area contributed by atoms with Gasteiger partial charge >= 0.3 is 0 Å². The van der Waals surface area contributed by atoms with Gasteiger partial charge in [0.15, 0.2) is 0 Å². The van der Waals surface area contributed by atoms with E-state index >= 15 is 0 Å². The number of rotatable bonds is 6. The van der Waals surface area contributed by atoms with Gasteiger partial charge in [-0.05, 0) is 13.5 Å². The maximum atomic E-state index is 11.3. The molecule has 4 nitrogen and oxygen atoms in total. The van der Waals surface area contributed by atoms with Crippen LogP contribution in [0.5, 0.6) is 0 Å². The van der Waals surface area contributed by atoms with Crippen LogP contribution in [0, 0.1) is 0 Å². The fourth-order valence-corrected chi connectivity index (χ4v) is 0.924. The predicted octanol–water partition coefficient (Wildman–Crippen LogP) is -0.563. The third-order valence-corrected chi connectivity index (χ3v) is 1.63. The Hall–Kier alpha value is -0.610. The first-order chi connectivity index (χ1) is 5.76. The van der Waals surface area contributed by atoms with Crippen LogP contribution >= 0.6 is 0 Å². The van der Waals surface area contributed by atoms with E-state index in [1.165, 1.54) is 0 Å². The largest absolute Gasteiger partial charge is 0.395 e. The normalized spacial score (nSPS) is 9.92. The highest BCUT2D eigenvalue weighted by atomic mass is 16.3. The second kappa shape index (κ2) is 7.06. The second-order valence-electron chi connectivity index (χ2n) is 2.48. The van der Waals surface area contributed by atoms with Crippen molar-refractivity contribution in [3.8, 4) is 0 Å². The first-order valence-electron chi connectivity index (χ1n) is 4.35. The molecule has 0 aromatic carbocycles. The van der Waals surface area contributed by atoms with Crippen LogP contribution in [0.15, 0.2) is 0 Å². The molecule has 0 fully saturated rings. The molecule has 0 aromatic heterocycles. The van der Waals surface area contributed by atoms with Crippen molar-refractivity contribution >= 4 is 5.91 Å². The van der Waals surface area contributed by atoms with Gasteiger partial charge in [0.05, 0.1) is 13.2 Å². The summed E-state index contributed by atoms with van der Waals surface area (Å²) in [5.41, 5.74) is 0. The minimum Gasteiger partial charge on any atom is -0.395 e. The zero-order valence-electron chi connectivity index (χ0n) is 7.84. The number of aliphatic hydroxyl groups is 1. The average molecular weight is 174 g/mol. The second-order valence-corrected chi connectivity index (χ2v) is 2.48. The van der Waals surface area contributed by atoms with Gasteiger partial charge in [-0.1, -0.05) is 6.92 Å². The Morgan fingerprint density at radius 2 is 2.17 bits per heavy atom. The number of hydrogen-bond donors (Lipinski definition) is 2. The smallest absolute Gasteiger partial charge is 0.236 e. The molecule has 0 radical (unpaired) electrons. The fourth-order valence-electron chi connectivity index (χ4n) is 0.924. The Bertz CT molecular complexity index is 128. The number of amides is 1. The third-order valence-electron chi connectivity index (χ3n) is 1.63. The van der Waals surface area contributed by atoms with E-state index in [9.17, 15) is 4.79 Å². The Labute approximate surface area is 73.6 Å². The first kappa shape index (κ1) is 11.4. The van der Waals surface area contributed by atoms with Crippen molar-refractivity contribution in [2.45, 2.75) is 13.8 Å². The van der Waals surface area contributed by atoms with Crippen LogP contribution in [0.4, 0.5) is 0 Å². The molecule has 1 amide bonds. The highest BCUT2D eigenvalue weighted by Gasteiger charge is 2.08. The van der Waals surface area contributed by atoms with Gasteiger partial charge in [0.1, 0.15) is 0 Å². The van der Waals surface area contributed by atoms with Crippen molar-refractivity contribution in [1.29, 1.82) is 0 Å². The molecule has 0 aliphatic heterocycles. The van der Waals surface area contributed by atoms with Gasteiger partial charge < -0.3 is 15.3 Å². The summed E-state index contributed by atoms with van der Waals surface area (Å²) in [6, 6.07) is 0. The number of carbonyl (C=O) groups excluding carboxylic acids is 1. The summed E-state index contributed by atoms with van der Waals surface area (Å²) in [5.74, 6) is 0.0494. The molecule has 0 atom stereocenters. The molecule has 0 aliphatic rings. The van der Waals surface area contributed by atoms with E-state index < -0.39 is 0 Å². The zero-order chi connectivity index (χ0) is 9.40. The number of likely N-dealkylation sites (N-methyl/N-ethyl adjacent to an activating group) is 2. The van der Waals surface area contributed by atoms with Gasteiger partial charge in [0.25, 0.3) is 0 Å². The SMILES string of the molecule is CCNCC(=O)N(CC)CCO. The van der Waals surface area contributed by atoms with E-state index in [-0.39, 0.29) is 12.5 Å². The molecule has 0 heterocycles. The van der Waals surface area contributed by atoms with Crippen LogP contribution in [0.3, 0.4) is 0 Å². The molecule has 72 valence electrons.